The van der Waals surface area contributed by atoms with Crippen LogP contribution in [0.1, 0.15) is 73.7 Å². The van der Waals surface area contributed by atoms with Crippen LogP contribution in [0, 0.1) is 18.3 Å². The summed E-state index contributed by atoms with van der Waals surface area (Å²) < 4.78 is 72.8. The zero-order chi connectivity index (χ0) is 31.7. The van der Waals surface area contributed by atoms with Crippen LogP contribution in [-0.2, 0) is 41.8 Å². The van der Waals surface area contributed by atoms with Crippen molar-refractivity contribution in [3.05, 3.63) is 76.1 Å². The summed E-state index contributed by atoms with van der Waals surface area (Å²) >= 11 is 0. The van der Waals surface area contributed by atoms with Gasteiger partial charge < -0.3 is 9.84 Å². The third-order valence-corrected chi connectivity index (χ3v) is 9.77. The number of aromatic nitrogens is 3. The molecule has 9 nitrogen and oxygen atoms in total. The van der Waals surface area contributed by atoms with E-state index in [9.17, 15) is 32.2 Å². The standard InChI is InChI=1S/C30H39F3N4O5S/c1-6-11-36-17-25(34-35-36)18-42-27(29(4,5)28(38)39)22-8-7-20(3)23(13-22)16-37-15-19(2)12-21-9-10-24(30(31,32)33)14-26(21)43(37,40)41/h7-10,13-14,17,19,27,40-41H,6,11-12,15-16,18H2,1-5H3,(H,38,39)/t19-,27+/m0/s1. The third-order valence-electron chi connectivity index (χ3n) is 7.80. The van der Waals surface area contributed by atoms with Gasteiger partial charge in [-0.3, -0.25) is 18.6 Å². The summed E-state index contributed by atoms with van der Waals surface area (Å²) in [7, 11) is -3.78. The van der Waals surface area contributed by atoms with Crippen molar-refractivity contribution in [2.24, 2.45) is 11.3 Å². The summed E-state index contributed by atoms with van der Waals surface area (Å²) in [6, 6.07) is 8.49. The number of aryl methyl sites for hydroxylation is 2. The highest BCUT2D eigenvalue weighted by atomic mass is 32.3. The second-order valence-electron chi connectivity index (χ2n) is 11.8. The zero-order valence-corrected chi connectivity index (χ0v) is 25.7. The van der Waals surface area contributed by atoms with Crippen LogP contribution in [0.2, 0.25) is 0 Å². The highest BCUT2D eigenvalue weighted by molar-refractivity contribution is 8.22. The molecule has 13 heteroatoms. The molecule has 0 fully saturated rings. The van der Waals surface area contributed by atoms with Gasteiger partial charge in [0.15, 0.2) is 0 Å². The molecular weight excluding hydrogens is 585 g/mol. The molecule has 3 N–H and O–H groups in total. The number of carbonyl (C=O) groups is 1. The number of alkyl halides is 3. The van der Waals surface area contributed by atoms with Gasteiger partial charge in [0.25, 0.3) is 0 Å². The van der Waals surface area contributed by atoms with Crippen molar-refractivity contribution in [3.8, 4) is 0 Å². The summed E-state index contributed by atoms with van der Waals surface area (Å²) in [5, 5.41) is 18.3. The van der Waals surface area contributed by atoms with Crippen LogP contribution in [0.4, 0.5) is 13.2 Å². The van der Waals surface area contributed by atoms with E-state index in [0.29, 0.717) is 35.3 Å². The Hall–Kier alpha value is -2.97. The van der Waals surface area contributed by atoms with E-state index in [1.54, 1.807) is 42.9 Å². The number of halogens is 3. The Morgan fingerprint density at radius 1 is 1.19 bits per heavy atom. The average molecular weight is 625 g/mol. The molecular formula is C30H39F3N4O5S. The van der Waals surface area contributed by atoms with Crippen molar-refractivity contribution >= 4 is 16.7 Å². The first-order valence-electron chi connectivity index (χ1n) is 14.1. The number of fused-ring (bicyclic) bond motifs is 1. The molecule has 3 aromatic rings. The van der Waals surface area contributed by atoms with Gasteiger partial charge in [-0.05, 0) is 73.9 Å². The summed E-state index contributed by atoms with van der Waals surface area (Å²) in [5.74, 6) is -1.14. The minimum Gasteiger partial charge on any atom is -0.481 e. The fourth-order valence-electron chi connectivity index (χ4n) is 5.30. The van der Waals surface area contributed by atoms with E-state index in [4.69, 9.17) is 4.74 Å². The maximum atomic E-state index is 13.5. The first-order chi connectivity index (χ1) is 20.0. The topological polar surface area (TPSA) is 121 Å². The fraction of sp³-hybridized carbons (Fsp3) is 0.500. The number of hydrogen-bond acceptors (Lipinski definition) is 7. The molecule has 2 heterocycles. The summed E-state index contributed by atoms with van der Waals surface area (Å²) in [4.78, 5) is 12.2. The Morgan fingerprint density at radius 3 is 2.56 bits per heavy atom. The van der Waals surface area contributed by atoms with Gasteiger partial charge in [-0.2, -0.15) is 17.5 Å². The first-order valence-corrected chi connectivity index (χ1v) is 15.6. The molecule has 2 atom stereocenters. The van der Waals surface area contributed by atoms with Crippen molar-refractivity contribution in [1.82, 2.24) is 19.3 Å². The number of nitrogens with zero attached hydrogens (tertiary/aromatic N) is 4. The molecule has 0 radical (unpaired) electrons. The normalized spacial score (nSPS) is 19.0. The lowest BCUT2D eigenvalue weighted by Gasteiger charge is -2.43. The molecule has 1 aliphatic heterocycles. The van der Waals surface area contributed by atoms with E-state index in [1.165, 1.54) is 10.4 Å². The molecule has 0 spiro atoms. The molecule has 0 amide bonds. The van der Waals surface area contributed by atoms with Crippen molar-refractivity contribution in [2.45, 2.75) is 84.3 Å². The van der Waals surface area contributed by atoms with E-state index in [2.05, 4.69) is 10.3 Å². The Bertz CT molecular complexity index is 1460. The molecule has 0 saturated carbocycles. The number of benzene rings is 2. The number of carboxylic acid groups (broad SMARTS) is 1. The van der Waals surface area contributed by atoms with Crippen molar-refractivity contribution < 1.29 is 36.9 Å². The van der Waals surface area contributed by atoms with Crippen LogP contribution >= 0.6 is 10.8 Å². The van der Waals surface area contributed by atoms with E-state index in [1.807, 2.05) is 20.8 Å². The van der Waals surface area contributed by atoms with E-state index < -0.39 is 40.0 Å². The lowest BCUT2D eigenvalue weighted by molar-refractivity contribution is -0.158. The molecule has 4 rings (SSSR count). The lowest BCUT2D eigenvalue weighted by Crippen LogP contribution is -2.33. The Kier molecular flexibility index (Phi) is 9.62. The number of hydrogen-bond donors (Lipinski definition) is 3. The van der Waals surface area contributed by atoms with Crippen LogP contribution in [0.15, 0.2) is 47.5 Å². The SMILES string of the molecule is CCCn1cc(CO[C@H](c2ccc(C)c(CN3C[C@@H](C)Cc4ccc(C(F)(F)F)cc4S3(O)O)c2)C(C)(C)C(=O)O)nn1. The van der Waals surface area contributed by atoms with Gasteiger partial charge >= 0.3 is 12.1 Å². The highest BCUT2D eigenvalue weighted by Crippen LogP contribution is 2.57. The van der Waals surface area contributed by atoms with E-state index >= 15 is 0 Å². The third kappa shape index (κ3) is 7.23. The molecule has 2 aromatic carbocycles. The molecule has 0 bridgehead atoms. The van der Waals surface area contributed by atoms with Gasteiger partial charge in [-0.25, -0.2) is 0 Å². The second kappa shape index (κ2) is 12.6. The van der Waals surface area contributed by atoms with Crippen molar-refractivity contribution in [3.63, 3.8) is 0 Å². The minimum absolute atomic E-state index is 0.0214. The molecule has 1 aliphatic rings. The van der Waals surface area contributed by atoms with Crippen LogP contribution in [-0.4, -0.2) is 46.0 Å². The first kappa shape index (κ1) is 32.9. The zero-order valence-electron chi connectivity index (χ0n) is 24.9. The van der Waals surface area contributed by atoms with E-state index in [0.717, 1.165) is 24.1 Å². The summed E-state index contributed by atoms with van der Waals surface area (Å²) in [5.41, 5.74) is 0.770. The highest BCUT2D eigenvalue weighted by Gasteiger charge is 2.40. The number of carboxylic acids is 1. The average Bonchev–Trinajstić information content (AvgIpc) is 3.33. The minimum atomic E-state index is -4.63. The van der Waals surface area contributed by atoms with Crippen LogP contribution in [0.5, 0.6) is 0 Å². The number of rotatable bonds is 10. The Morgan fingerprint density at radius 2 is 1.91 bits per heavy atom. The molecule has 0 unspecified atom stereocenters. The van der Waals surface area contributed by atoms with Crippen molar-refractivity contribution in [2.75, 3.05) is 6.54 Å². The molecule has 0 aliphatic carbocycles. The maximum absolute atomic E-state index is 13.5. The van der Waals surface area contributed by atoms with Gasteiger partial charge in [0.05, 0.1) is 34.8 Å². The van der Waals surface area contributed by atoms with Crippen LogP contribution in [0.25, 0.3) is 0 Å². The fourth-order valence-corrected chi connectivity index (χ4v) is 7.15. The quantitative estimate of drug-likeness (QED) is 0.218. The van der Waals surface area contributed by atoms with Gasteiger partial charge in [0.1, 0.15) is 5.69 Å². The largest absolute Gasteiger partial charge is 0.481 e. The maximum Gasteiger partial charge on any atom is 0.416 e. The van der Waals surface area contributed by atoms with Crippen LogP contribution < -0.4 is 0 Å². The molecule has 1 aromatic heterocycles. The predicted molar refractivity (Wildman–Crippen MR) is 156 cm³/mol. The van der Waals surface area contributed by atoms with Crippen molar-refractivity contribution in [1.29, 1.82) is 0 Å². The smallest absolute Gasteiger partial charge is 0.416 e. The van der Waals surface area contributed by atoms with Crippen LogP contribution in [0.3, 0.4) is 0 Å². The number of aliphatic carboxylic acids is 1. The van der Waals surface area contributed by atoms with Gasteiger partial charge in [0, 0.05) is 19.6 Å². The summed E-state index contributed by atoms with van der Waals surface area (Å²) in [6.07, 6.45) is -2.51. The molecule has 43 heavy (non-hydrogen) atoms. The number of ether oxygens (including phenoxy) is 1. The Labute approximate surface area is 251 Å². The lowest BCUT2D eigenvalue weighted by atomic mass is 9.81. The van der Waals surface area contributed by atoms with Gasteiger partial charge in [-0.1, -0.05) is 43.3 Å². The molecule has 0 saturated heterocycles. The second-order valence-corrected chi connectivity index (χ2v) is 13.8. The predicted octanol–water partition coefficient (Wildman–Crippen LogP) is 7.10. The van der Waals surface area contributed by atoms with Gasteiger partial charge in [-0.15, -0.1) is 15.9 Å². The van der Waals surface area contributed by atoms with E-state index in [-0.39, 0.29) is 30.5 Å². The molecule has 236 valence electrons. The summed E-state index contributed by atoms with van der Waals surface area (Å²) in [6.45, 7) is 9.86. The Balaban J connectivity index is 1.68. The monoisotopic (exact) mass is 624 g/mol. The van der Waals surface area contributed by atoms with Gasteiger partial charge in [0.2, 0.25) is 0 Å².